The summed E-state index contributed by atoms with van der Waals surface area (Å²) in [5, 5.41) is 3.52. The summed E-state index contributed by atoms with van der Waals surface area (Å²) in [5.41, 5.74) is 0.909. The molecule has 1 aromatic heterocycles. The molecule has 0 aromatic carbocycles. The van der Waals surface area contributed by atoms with E-state index in [1.54, 1.807) is 12.3 Å². The van der Waals surface area contributed by atoms with E-state index in [1.807, 2.05) is 0 Å². The molecule has 0 aliphatic carbocycles. The summed E-state index contributed by atoms with van der Waals surface area (Å²) >= 11 is 0. The van der Waals surface area contributed by atoms with Crippen LogP contribution in [0.5, 0.6) is 0 Å². The first-order valence-corrected chi connectivity index (χ1v) is 5.92. The lowest BCUT2D eigenvalue weighted by atomic mass is 9.92. The molecule has 0 unspecified atom stereocenters. The van der Waals surface area contributed by atoms with Crippen LogP contribution in [0.15, 0.2) is 18.5 Å². The third-order valence-electron chi connectivity index (χ3n) is 3.73. The Labute approximate surface area is 94.7 Å². The number of halogens is 1. The number of nitrogens with one attached hydrogen (secondary N) is 1. The maximum absolute atomic E-state index is 13.1. The summed E-state index contributed by atoms with van der Waals surface area (Å²) in [6.45, 7) is 3.13. The van der Waals surface area contributed by atoms with Gasteiger partial charge in [0.25, 0.3) is 0 Å². The van der Waals surface area contributed by atoms with Crippen LogP contribution in [-0.4, -0.2) is 30.7 Å². The molecule has 2 aliphatic heterocycles. The number of pyridine rings is 1. The number of anilines is 1. The van der Waals surface area contributed by atoms with Crippen LogP contribution in [0.4, 0.5) is 10.1 Å². The number of aromatic nitrogens is 1. The number of hydrogen-bond donors (Lipinski definition) is 1. The van der Waals surface area contributed by atoms with Crippen LogP contribution >= 0.6 is 0 Å². The molecule has 16 heavy (non-hydrogen) atoms. The topological polar surface area (TPSA) is 28.2 Å². The zero-order valence-electron chi connectivity index (χ0n) is 9.19. The highest BCUT2D eigenvalue weighted by molar-refractivity contribution is 5.45. The van der Waals surface area contributed by atoms with Gasteiger partial charge in [-0.2, -0.15) is 0 Å². The van der Waals surface area contributed by atoms with Crippen molar-refractivity contribution in [3.63, 3.8) is 0 Å². The van der Waals surface area contributed by atoms with E-state index in [-0.39, 0.29) is 5.82 Å². The van der Waals surface area contributed by atoms with Gasteiger partial charge in [-0.25, -0.2) is 4.39 Å². The molecule has 2 atom stereocenters. The Balaban J connectivity index is 1.76. The van der Waals surface area contributed by atoms with Gasteiger partial charge in [-0.3, -0.25) is 4.98 Å². The van der Waals surface area contributed by atoms with Crippen molar-refractivity contribution in [2.75, 3.05) is 24.5 Å². The standard InChI is InChI=1S/C12H16FN3/c13-10-5-11(7-14-6-10)16-4-2-9-1-3-15-12(9)8-16/h5-7,9,12,15H,1-4,8H2/t9-,12+/m0/s1. The van der Waals surface area contributed by atoms with Gasteiger partial charge in [-0.05, 0) is 25.3 Å². The summed E-state index contributed by atoms with van der Waals surface area (Å²) in [4.78, 5) is 6.14. The van der Waals surface area contributed by atoms with Gasteiger partial charge >= 0.3 is 0 Å². The fourth-order valence-corrected chi connectivity index (χ4v) is 2.84. The van der Waals surface area contributed by atoms with E-state index in [1.165, 1.54) is 19.0 Å². The van der Waals surface area contributed by atoms with E-state index >= 15 is 0 Å². The largest absolute Gasteiger partial charge is 0.369 e. The van der Waals surface area contributed by atoms with Gasteiger partial charge in [0.2, 0.25) is 0 Å². The van der Waals surface area contributed by atoms with E-state index in [0.717, 1.165) is 31.2 Å². The van der Waals surface area contributed by atoms with Gasteiger partial charge in [-0.1, -0.05) is 0 Å². The van der Waals surface area contributed by atoms with Gasteiger partial charge < -0.3 is 10.2 Å². The van der Waals surface area contributed by atoms with Crippen molar-refractivity contribution in [2.24, 2.45) is 5.92 Å². The molecule has 1 N–H and O–H groups in total. The van der Waals surface area contributed by atoms with E-state index in [9.17, 15) is 4.39 Å². The molecule has 2 aliphatic rings. The summed E-state index contributed by atoms with van der Waals surface area (Å²) < 4.78 is 13.1. The summed E-state index contributed by atoms with van der Waals surface area (Å²) in [5.74, 6) is 0.566. The first kappa shape index (κ1) is 10.0. The molecular formula is C12H16FN3. The predicted molar refractivity (Wildman–Crippen MR) is 60.9 cm³/mol. The molecule has 3 rings (SSSR count). The lowest BCUT2D eigenvalue weighted by Crippen LogP contribution is -2.46. The fraction of sp³-hybridized carbons (Fsp3) is 0.583. The van der Waals surface area contributed by atoms with E-state index in [0.29, 0.717) is 6.04 Å². The SMILES string of the molecule is Fc1cncc(N2CC[C@@H]3CCN[C@@H]3C2)c1. The summed E-state index contributed by atoms with van der Waals surface area (Å²) in [7, 11) is 0. The second-order valence-corrected chi connectivity index (χ2v) is 4.71. The molecule has 2 fully saturated rings. The van der Waals surface area contributed by atoms with Gasteiger partial charge in [-0.15, -0.1) is 0 Å². The van der Waals surface area contributed by atoms with E-state index in [2.05, 4.69) is 15.2 Å². The smallest absolute Gasteiger partial charge is 0.143 e. The molecule has 3 nitrogen and oxygen atoms in total. The number of hydrogen-bond acceptors (Lipinski definition) is 3. The normalized spacial score (nSPS) is 29.2. The van der Waals surface area contributed by atoms with Gasteiger partial charge in [0, 0.05) is 25.2 Å². The van der Waals surface area contributed by atoms with Gasteiger partial charge in [0.05, 0.1) is 18.1 Å². The molecule has 0 saturated carbocycles. The first-order chi connectivity index (χ1) is 7.83. The van der Waals surface area contributed by atoms with Crippen molar-refractivity contribution < 1.29 is 4.39 Å². The van der Waals surface area contributed by atoms with Crippen molar-refractivity contribution in [2.45, 2.75) is 18.9 Å². The zero-order chi connectivity index (χ0) is 11.0. The average Bonchev–Trinajstić information content (AvgIpc) is 2.75. The second-order valence-electron chi connectivity index (χ2n) is 4.71. The monoisotopic (exact) mass is 221 g/mol. The van der Waals surface area contributed by atoms with E-state index in [4.69, 9.17) is 0 Å². The number of nitrogens with zero attached hydrogens (tertiary/aromatic N) is 2. The predicted octanol–water partition coefficient (Wildman–Crippen LogP) is 1.41. The molecular weight excluding hydrogens is 205 g/mol. The quantitative estimate of drug-likeness (QED) is 0.777. The second kappa shape index (κ2) is 4.01. The molecule has 86 valence electrons. The minimum Gasteiger partial charge on any atom is -0.369 e. The molecule has 4 heteroatoms. The highest BCUT2D eigenvalue weighted by Gasteiger charge is 2.32. The Kier molecular flexibility index (Phi) is 2.52. The lowest BCUT2D eigenvalue weighted by Gasteiger charge is -2.36. The molecule has 2 saturated heterocycles. The maximum Gasteiger partial charge on any atom is 0.143 e. The van der Waals surface area contributed by atoms with Crippen LogP contribution in [0.3, 0.4) is 0 Å². The Hall–Kier alpha value is -1.16. The summed E-state index contributed by atoms with van der Waals surface area (Å²) in [6, 6.07) is 2.15. The number of piperidine rings is 1. The molecule has 0 bridgehead atoms. The van der Waals surface area contributed by atoms with Crippen molar-refractivity contribution in [3.8, 4) is 0 Å². The van der Waals surface area contributed by atoms with Crippen LogP contribution in [0.2, 0.25) is 0 Å². The third kappa shape index (κ3) is 1.78. The number of rotatable bonds is 1. The lowest BCUT2D eigenvalue weighted by molar-refractivity contribution is 0.373. The van der Waals surface area contributed by atoms with Crippen LogP contribution in [0.1, 0.15) is 12.8 Å². The van der Waals surface area contributed by atoms with Crippen LogP contribution in [0.25, 0.3) is 0 Å². The molecule has 0 spiro atoms. The zero-order valence-corrected chi connectivity index (χ0v) is 9.19. The van der Waals surface area contributed by atoms with Crippen LogP contribution < -0.4 is 10.2 Å². The summed E-state index contributed by atoms with van der Waals surface area (Å²) in [6.07, 6.45) is 5.50. The van der Waals surface area contributed by atoms with Crippen molar-refractivity contribution in [1.82, 2.24) is 10.3 Å². The Morgan fingerprint density at radius 1 is 1.38 bits per heavy atom. The first-order valence-electron chi connectivity index (χ1n) is 5.92. The average molecular weight is 221 g/mol. The van der Waals surface area contributed by atoms with Crippen LogP contribution in [0, 0.1) is 11.7 Å². The van der Waals surface area contributed by atoms with Crippen molar-refractivity contribution in [1.29, 1.82) is 0 Å². The fourth-order valence-electron chi connectivity index (χ4n) is 2.84. The Morgan fingerprint density at radius 3 is 3.19 bits per heavy atom. The van der Waals surface area contributed by atoms with Crippen molar-refractivity contribution in [3.05, 3.63) is 24.3 Å². The van der Waals surface area contributed by atoms with Crippen molar-refractivity contribution >= 4 is 5.69 Å². The molecule has 0 radical (unpaired) electrons. The highest BCUT2D eigenvalue weighted by atomic mass is 19.1. The minimum atomic E-state index is -0.251. The molecule has 3 heterocycles. The molecule has 0 amide bonds. The Morgan fingerprint density at radius 2 is 2.31 bits per heavy atom. The number of fused-ring (bicyclic) bond motifs is 1. The van der Waals surface area contributed by atoms with E-state index < -0.39 is 0 Å². The minimum absolute atomic E-state index is 0.251. The highest BCUT2D eigenvalue weighted by Crippen LogP contribution is 2.28. The molecule has 1 aromatic rings. The van der Waals surface area contributed by atoms with Gasteiger partial charge in [0.1, 0.15) is 5.82 Å². The van der Waals surface area contributed by atoms with Gasteiger partial charge in [0.15, 0.2) is 0 Å². The van der Waals surface area contributed by atoms with Crippen LogP contribution in [-0.2, 0) is 0 Å². The Bertz CT molecular complexity index is 382. The third-order valence-corrected chi connectivity index (χ3v) is 3.73. The maximum atomic E-state index is 13.1.